The van der Waals surface area contributed by atoms with Gasteiger partial charge >= 0.3 is 29.8 Å². The SMILES string of the molecule is CC(=O)OCC12C(OC(C)=O)C(OC(=O)c3ccccc3)CC(C)C13CC(C(OC(C)=O)C2OC(=O)c1ccccc1)C(C)(C)O3. The molecule has 11 heteroatoms. The maximum atomic E-state index is 13.8. The molecule has 2 saturated carbocycles. The average molecular weight is 637 g/mol. The molecule has 0 N–H and O–H groups in total. The van der Waals surface area contributed by atoms with Crippen molar-refractivity contribution in [3.05, 3.63) is 71.8 Å². The van der Waals surface area contributed by atoms with Crippen molar-refractivity contribution in [1.29, 1.82) is 0 Å². The second-order valence-electron chi connectivity index (χ2n) is 13.0. The van der Waals surface area contributed by atoms with Gasteiger partial charge in [-0.25, -0.2) is 9.59 Å². The van der Waals surface area contributed by atoms with Gasteiger partial charge in [0.1, 0.15) is 24.2 Å². The average Bonchev–Trinajstić information content (AvgIpc) is 3.27. The van der Waals surface area contributed by atoms with Crippen LogP contribution in [0.2, 0.25) is 0 Å². The molecule has 5 rings (SSSR count). The van der Waals surface area contributed by atoms with Crippen LogP contribution in [0.15, 0.2) is 60.7 Å². The molecular formula is C35H40O11. The van der Waals surface area contributed by atoms with Gasteiger partial charge in [-0.1, -0.05) is 43.3 Å². The number of esters is 5. The topological polar surface area (TPSA) is 141 Å². The van der Waals surface area contributed by atoms with E-state index in [4.69, 9.17) is 28.4 Å². The van der Waals surface area contributed by atoms with Gasteiger partial charge in [-0.15, -0.1) is 0 Å². The zero-order valence-corrected chi connectivity index (χ0v) is 26.8. The molecule has 8 atom stereocenters. The minimum atomic E-state index is -1.70. The number of carbonyl (C=O) groups excluding carboxylic acids is 5. The lowest BCUT2D eigenvalue weighted by Gasteiger charge is -2.62. The smallest absolute Gasteiger partial charge is 0.338 e. The summed E-state index contributed by atoms with van der Waals surface area (Å²) in [6.45, 7) is 8.85. The molecule has 8 unspecified atom stereocenters. The first-order chi connectivity index (χ1) is 21.7. The number of hydrogen-bond acceptors (Lipinski definition) is 11. The van der Waals surface area contributed by atoms with Crippen LogP contribution in [0.1, 0.15) is 75.1 Å². The van der Waals surface area contributed by atoms with Crippen molar-refractivity contribution in [2.75, 3.05) is 6.61 Å². The molecular weight excluding hydrogens is 596 g/mol. The maximum absolute atomic E-state index is 13.8. The van der Waals surface area contributed by atoms with Gasteiger partial charge in [-0.2, -0.15) is 0 Å². The molecule has 2 aliphatic carbocycles. The molecule has 246 valence electrons. The first-order valence-electron chi connectivity index (χ1n) is 15.4. The number of ether oxygens (including phenoxy) is 6. The van der Waals surface area contributed by atoms with E-state index in [1.165, 1.54) is 20.8 Å². The molecule has 0 aromatic heterocycles. The molecule has 1 spiro atoms. The normalized spacial score (nSPS) is 32.3. The van der Waals surface area contributed by atoms with Crippen molar-refractivity contribution in [2.45, 2.75) is 90.0 Å². The molecule has 2 aromatic rings. The van der Waals surface area contributed by atoms with Gasteiger partial charge < -0.3 is 28.4 Å². The van der Waals surface area contributed by atoms with Crippen molar-refractivity contribution < 1.29 is 52.4 Å². The Bertz CT molecular complexity index is 1490. The summed E-state index contributed by atoms with van der Waals surface area (Å²) in [7, 11) is 0. The lowest BCUT2D eigenvalue weighted by atomic mass is 9.48. The highest BCUT2D eigenvalue weighted by Gasteiger charge is 2.81. The molecule has 0 radical (unpaired) electrons. The van der Waals surface area contributed by atoms with Crippen LogP contribution in [0.5, 0.6) is 0 Å². The van der Waals surface area contributed by atoms with Crippen molar-refractivity contribution >= 4 is 29.8 Å². The van der Waals surface area contributed by atoms with Crippen LogP contribution in [0, 0.1) is 17.3 Å². The Labute approximate surface area is 267 Å². The van der Waals surface area contributed by atoms with Crippen molar-refractivity contribution in [3.8, 4) is 0 Å². The van der Waals surface area contributed by atoms with Crippen LogP contribution in [0.3, 0.4) is 0 Å². The highest BCUT2D eigenvalue weighted by Crippen LogP contribution is 2.68. The number of hydrogen-bond donors (Lipinski definition) is 0. The molecule has 2 bridgehead atoms. The summed E-state index contributed by atoms with van der Waals surface area (Å²) in [6, 6.07) is 16.6. The molecule has 3 aliphatic rings. The molecule has 1 saturated heterocycles. The molecule has 1 heterocycles. The quantitative estimate of drug-likeness (QED) is 0.300. The van der Waals surface area contributed by atoms with E-state index in [0.29, 0.717) is 0 Å². The van der Waals surface area contributed by atoms with Crippen molar-refractivity contribution in [1.82, 2.24) is 0 Å². The van der Waals surface area contributed by atoms with Crippen LogP contribution >= 0.6 is 0 Å². The summed E-state index contributed by atoms with van der Waals surface area (Å²) in [6.07, 6.45) is -4.42. The van der Waals surface area contributed by atoms with Gasteiger partial charge in [0.05, 0.1) is 22.3 Å². The van der Waals surface area contributed by atoms with Crippen LogP contribution in [0.4, 0.5) is 0 Å². The van der Waals surface area contributed by atoms with E-state index in [1.807, 2.05) is 20.8 Å². The van der Waals surface area contributed by atoms with Crippen LogP contribution in [-0.4, -0.2) is 72.1 Å². The monoisotopic (exact) mass is 636 g/mol. The first-order valence-corrected chi connectivity index (χ1v) is 15.4. The number of benzene rings is 2. The fourth-order valence-electron chi connectivity index (χ4n) is 7.88. The summed E-state index contributed by atoms with van der Waals surface area (Å²) in [4.78, 5) is 65.4. The molecule has 0 amide bonds. The number of rotatable bonds is 8. The Kier molecular flexibility index (Phi) is 9.01. The van der Waals surface area contributed by atoms with Crippen molar-refractivity contribution in [2.24, 2.45) is 17.3 Å². The van der Waals surface area contributed by atoms with Crippen LogP contribution < -0.4 is 0 Å². The summed E-state index contributed by atoms with van der Waals surface area (Å²) in [5, 5.41) is 0. The van der Waals surface area contributed by atoms with E-state index in [2.05, 4.69) is 0 Å². The third-order valence-electron chi connectivity index (χ3n) is 9.70. The van der Waals surface area contributed by atoms with Gasteiger partial charge in [0.2, 0.25) is 0 Å². The van der Waals surface area contributed by atoms with E-state index in [0.717, 1.165) is 0 Å². The van der Waals surface area contributed by atoms with Gasteiger partial charge in [-0.05, 0) is 56.9 Å². The second kappa shape index (κ2) is 12.5. The van der Waals surface area contributed by atoms with Gasteiger partial charge in [0.25, 0.3) is 0 Å². The largest absolute Gasteiger partial charge is 0.465 e. The molecule has 2 aromatic carbocycles. The predicted molar refractivity (Wildman–Crippen MR) is 161 cm³/mol. The van der Waals surface area contributed by atoms with Crippen molar-refractivity contribution in [3.63, 3.8) is 0 Å². The third kappa shape index (κ3) is 5.77. The van der Waals surface area contributed by atoms with Crippen LogP contribution in [-0.2, 0) is 42.8 Å². The number of fused-ring (bicyclic) bond motifs is 1. The minimum absolute atomic E-state index is 0.207. The lowest BCUT2D eigenvalue weighted by molar-refractivity contribution is -0.306. The van der Waals surface area contributed by atoms with E-state index >= 15 is 0 Å². The van der Waals surface area contributed by atoms with E-state index < -0.39 is 89.3 Å². The Balaban J connectivity index is 1.74. The van der Waals surface area contributed by atoms with Gasteiger partial charge in [0.15, 0.2) is 12.2 Å². The fraction of sp³-hybridized carbons (Fsp3) is 0.514. The predicted octanol–water partition coefficient (Wildman–Crippen LogP) is 4.46. The van der Waals surface area contributed by atoms with Gasteiger partial charge in [0, 0.05) is 26.7 Å². The highest BCUT2D eigenvalue weighted by molar-refractivity contribution is 5.90. The molecule has 46 heavy (non-hydrogen) atoms. The summed E-state index contributed by atoms with van der Waals surface area (Å²) in [5.41, 5.74) is -3.38. The zero-order chi connectivity index (χ0) is 33.4. The minimum Gasteiger partial charge on any atom is -0.465 e. The summed E-state index contributed by atoms with van der Waals surface area (Å²) in [5.74, 6) is -4.29. The lowest BCUT2D eigenvalue weighted by Crippen LogP contribution is -2.77. The van der Waals surface area contributed by atoms with E-state index in [1.54, 1.807) is 60.7 Å². The maximum Gasteiger partial charge on any atom is 0.338 e. The summed E-state index contributed by atoms with van der Waals surface area (Å²) < 4.78 is 37.2. The Morgan fingerprint density at radius 3 is 1.80 bits per heavy atom. The van der Waals surface area contributed by atoms with E-state index in [9.17, 15) is 24.0 Å². The third-order valence-corrected chi connectivity index (χ3v) is 9.70. The highest BCUT2D eigenvalue weighted by atomic mass is 16.6. The zero-order valence-electron chi connectivity index (χ0n) is 26.8. The van der Waals surface area contributed by atoms with E-state index in [-0.39, 0.29) is 24.0 Å². The molecule has 3 fully saturated rings. The Morgan fingerprint density at radius 1 is 0.739 bits per heavy atom. The second-order valence-corrected chi connectivity index (χ2v) is 13.0. The summed E-state index contributed by atoms with van der Waals surface area (Å²) >= 11 is 0. The molecule has 11 nitrogen and oxygen atoms in total. The molecule has 1 aliphatic heterocycles. The van der Waals surface area contributed by atoms with Crippen LogP contribution in [0.25, 0.3) is 0 Å². The van der Waals surface area contributed by atoms with Gasteiger partial charge in [-0.3, -0.25) is 14.4 Å². The fourth-order valence-corrected chi connectivity index (χ4v) is 7.88. The first kappa shape index (κ1) is 33.1. The standard InChI is InChI=1S/C35H40O11/c1-20-17-27(44-31(39)24-13-9-7-10-14-24)29(43-23(4)38)34(19-41-21(2)36)30(45-32(40)25-15-11-8-12-16-25)28(42-22(3)37)26-18-35(20,34)46-33(26,5)6/h7-16,20,26-30H,17-19H2,1-6H3. The Morgan fingerprint density at radius 2 is 1.28 bits per heavy atom. The Hall–Kier alpha value is -4.25. The number of carbonyl (C=O) groups is 5.